The molecule has 3 heteroatoms. The fourth-order valence-corrected chi connectivity index (χ4v) is 1.92. The molecule has 0 N–H and O–H groups in total. The lowest BCUT2D eigenvalue weighted by Crippen LogP contribution is -2.46. The fourth-order valence-electron chi connectivity index (χ4n) is 1.92. The van der Waals surface area contributed by atoms with E-state index >= 15 is 0 Å². The molecule has 16 heavy (non-hydrogen) atoms. The van der Waals surface area contributed by atoms with Crippen molar-refractivity contribution in [1.82, 2.24) is 0 Å². The molecule has 1 heterocycles. The topological polar surface area (TPSA) is 43.4 Å². The van der Waals surface area contributed by atoms with Crippen LogP contribution < -0.4 is 0 Å². The number of Topliss-reactive ketones (excluding diaryl/α,β-unsaturated/α-hetero) is 1. The van der Waals surface area contributed by atoms with Gasteiger partial charge in [0.15, 0.2) is 0 Å². The van der Waals surface area contributed by atoms with Gasteiger partial charge < -0.3 is 4.74 Å². The largest absolute Gasteiger partial charge is 0.487 e. The maximum absolute atomic E-state index is 11.7. The fraction of sp³-hybridized carbons (Fsp3) is 0.538. The highest BCUT2D eigenvalue weighted by atomic mass is 16.5. The molecule has 86 valence electrons. The summed E-state index contributed by atoms with van der Waals surface area (Å²) in [6.45, 7) is 8.11. The number of hydrogen-bond donors (Lipinski definition) is 0. The Hall–Kier alpha value is -1.38. The number of carbonyl (C=O) groups excluding carboxylic acids is 2. The molecular formula is C13H16O3. The zero-order valence-corrected chi connectivity index (χ0v) is 10.1. The van der Waals surface area contributed by atoms with Crippen molar-refractivity contribution in [1.29, 1.82) is 0 Å². The maximum Gasteiger partial charge on any atom is 0.232 e. The maximum atomic E-state index is 11.7. The molecule has 0 radical (unpaired) electrons. The van der Waals surface area contributed by atoms with Gasteiger partial charge in [-0.1, -0.05) is 13.8 Å². The van der Waals surface area contributed by atoms with Gasteiger partial charge in [-0.25, -0.2) is 0 Å². The van der Waals surface area contributed by atoms with Crippen LogP contribution in [-0.2, 0) is 14.3 Å². The summed E-state index contributed by atoms with van der Waals surface area (Å²) in [5, 5.41) is 0. The SMILES string of the molecule is CC1(C)CC2=C(C=CC(=O)C2=O)OC1(C)C. The highest BCUT2D eigenvalue weighted by Crippen LogP contribution is 2.46. The summed E-state index contributed by atoms with van der Waals surface area (Å²) in [7, 11) is 0. The van der Waals surface area contributed by atoms with Crippen LogP contribution in [0.25, 0.3) is 0 Å². The second-order valence-electron chi connectivity index (χ2n) is 5.54. The quantitative estimate of drug-likeness (QED) is 0.464. The Morgan fingerprint density at radius 1 is 1.12 bits per heavy atom. The second kappa shape index (κ2) is 3.06. The molecule has 0 aromatic rings. The predicted octanol–water partition coefficient (Wildman–Crippen LogP) is 2.17. The molecule has 1 aliphatic heterocycles. The first-order chi connectivity index (χ1) is 7.24. The van der Waals surface area contributed by atoms with Gasteiger partial charge in [0.1, 0.15) is 11.4 Å². The smallest absolute Gasteiger partial charge is 0.232 e. The summed E-state index contributed by atoms with van der Waals surface area (Å²) in [4.78, 5) is 23.0. The Kier molecular flexibility index (Phi) is 2.13. The van der Waals surface area contributed by atoms with Crippen LogP contribution in [0, 0.1) is 5.41 Å². The number of hydrogen-bond acceptors (Lipinski definition) is 3. The summed E-state index contributed by atoms with van der Waals surface area (Å²) in [6, 6.07) is 0. The average molecular weight is 220 g/mol. The van der Waals surface area contributed by atoms with Crippen LogP contribution in [0.3, 0.4) is 0 Å². The number of ether oxygens (including phenoxy) is 1. The van der Waals surface area contributed by atoms with Crippen LogP contribution in [0.2, 0.25) is 0 Å². The van der Waals surface area contributed by atoms with Gasteiger partial charge in [0.2, 0.25) is 11.6 Å². The molecular weight excluding hydrogens is 204 g/mol. The third-order valence-corrected chi connectivity index (χ3v) is 3.80. The van der Waals surface area contributed by atoms with E-state index < -0.39 is 11.6 Å². The molecule has 0 unspecified atom stereocenters. The Bertz CT molecular complexity index is 436. The summed E-state index contributed by atoms with van der Waals surface area (Å²) < 4.78 is 5.83. The lowest BCUT2D eigenvalue weighted by molar-refractivity contribution is -0.134. The molecule has 2 aliphatic rings. The van der Waals surface area contributed by atoms with E-state index in [2.05, 4.69) is 0 Å². The highest BCUT2D eigenvalue weighted by molar-refractivity contribution is 6.48. The van der Waals surface area contributed by atoms with Gasteiger partial charge in [0.25, 0.3) is 0 Å². The average Bonchev–Trinajstić information content (AvgIpc) is 2.15. The van der Waals surface area contributed by atoms with Crippen molar-refractivity contribution in [2.75, 3.05) is 0 Å². The molecule has 0 aromatic heterocycles. The van der Waals surface area contributed by atoms with Crippen molar-refractivity contribution in [3.8, 4) is 0 Å². The Morgan fingerprint density at radius 3 is 2.38 bits per heavy atom. The first-order valence-electron chi connectivity index (χ1n) is 5.43. The lowest BCUT2D eigenvalue weighted by atomic mass is 9.69. The molecule has 2 rings (SSSR count). The van der Waals surface area contributed by atoms with Gasteiger partial charge in [-0.15, -0.1) is 0 Å². The minimum atomic E-state index is -0.446. The summed E-state index contributed by atoms with van der Waals surface area (Å²) in [5.74, 6) is -0.298. The van der Waals surface area contributed by atoms with E-state index in [4.69, 9.17) is 4.74 Å². The normalized spacial score (nSPS) is 26.5. The van der Waals surface area contributed by atoms with Gasteiger partial charge in [-0.3, -0.25) is 9.59 Å². The number of ketones is 2. The number of allylic oxidation sites excluding steroid dienone is 3. The third-order valence-electron chi connectivity index (χ3n) is 3.80. The van der Waals surface area contributed by atoms with Crippen LogP contribution in [0.5, 0.6) is 0 Å². The molecule has 0 bridgehead atoms. The van der Waals surface area contributed by atoms with E-state index in [0.29, 0.717) is 17.8 Å². The Balaban J connectivity index is 2.48. The van der Waals surface area contributed by atoms with Crippen LogP contribution in [0.1, 0.15) is 34.1 Å². The van der Waals surface area contributed by atoms with Gasteiger partial charge in [-0.2, -0.15) is 0 Å². The first-order valence-corrected chi connectivity index (χ1v) is 5.43. The van der Waals surface area contributed by atoms with E-state index in [1.807, 2.05) is 27.7 Å². The second-order valence-corrected chi connectivity index (χ2v) is 5.54. The summed E-state index contributed by atoms with van der Waals surface area (Å²) in [6.07, 6.45) is 3.48. The Morgan fingerprint density at radius 2 is 1.75 bits per heavy atom. The number of rotatable bonds is 0. The van der Waals surface area contributed by atoms with Crippen molar-refractivity contribution in [3.63, 3.8) is 0 Å². The zero-order chi connectivity index (χ0) is 12.1. The third kappa shape index (κ3) is 1.42. The van der Waals surface area contributed by atoms with Crippen molar-refractivity contribution < 1.29 is 14.3 Å². The van der Waals surface area contributed by atoms with Gasteiger partial charge in [0.05, 0.1) is 0 Å². The standard InChI is InChI=1S/C13H16O3/c1-12(2)7-8-10(16-13(12,3)4)6-5-9(14)11(8)15/h5-6H,7H2,1-4H3. The first kappa shape index (κ1) is 11.1. The molecule has 0 saturated heterocycles. The van der Waals surface area contributed by atoms with Crippen molar-refractivity contribution >= 4 is 11.6 Å². The summed E-state index contributed by atoms with van der Waals surface area (Å²) in [5.41, 5.74) is 0.0286. The molecule has 0 aromatic carbocycles. The summed E-state index contributed by atoms with van der Waals surface area (Å²) >= 11 is 0. The van der Waals surface area contributed by atoms with E-state index in [0.717, 1.165) is 0 Å². The lowest BCUT2D eigenvalue weighted by Gasteiger charge is -2.46. The van der Waals surface area contributed by atoms with Crippen molar-refractivity contribution in [2.45, 2.75) is 39.7 Å². The molecule has 0 fully saturated rings. The molecule has 0 saturated carbocycles. The van der Waals surface area contributed by atoms with Gasteiger partial charge >= 0.3 is 0 Å². The van der Waals surface area contributed by atoms with E-state index in [9.17, 15) is 9.59 Å². The molecule has 0 spiro atoms. The molecule has 0 amide bonds. The Labute approximate surface area is 95.2 Å². The monoisotopic (exact) mass is 220 g/mol. The highest BCUT2D eigenvalue weighted by Gasteiger charge is 2.46. The van der Waals surface area contributed by atoms with E-state index in [1.54, 1.807) is 6.08 Å². The zero-order valence-electron chi connectivity index (χ0n) is 10.1. The minimum Gasteiger partial charge on any atom is -0.487 e. The van der Waals surface area contributed by atoms with Gasteiger partial charge in [0, 0.05) is 11.0 Å². The van der Waals surface area contributed by atoms with Crippen molar-refractivity contribution in [2.24, 2.45) is 5.41 Å². The van der Waals surface area contributed by atoms with E-state index in [-0.39, 0.29) is 11.0 Å². The van der Waals surface area contributed by atoms with E-state index in [1.165, 1.54) is 6.08 Å². The van der Waals surface area contributed by atoms with Gasteiger partial charge in [-0.05, 0) is 32.4 Å². The molecule has 3 nitrogen and oxygen atoms in total. The minimum absolute atomic E-state index is 0.160. The molecule has 0 atom stereocenters. The van der Waals surface area contributed by atoms with Crippen molar-refractivity contribution in [3.05, 3.63) is 23.5 Å². The van der Waals surface area contributed by atoms with Crippen LogP contribution >= 0.6 is 0 Å². The van der Waals surface area contributed by atoms with Crippen LogP contribution in [0.15, 0.2) is 23.5 Å². The van der Waals surface area contributed by atoms with Crippen LogP contribution in [-0.4, -0.2) is 17.2 Å². The predicted molar refractivity (Wildman–Crippen MR) is 59.7 cm³/mol. The number of carbonyl (C=O) groups is 2. The van der Waals surface area contributed by atoms with Crippen LogP contribution in [0.4, 0.5) is 0 Å². The molecule has 1 aliphatic carbocycles.